The first-order valence-electron chi connectivity index (χ1n) is 13.9. The van der Waals surface area contributed by atoms with Gasteiger partial charge < -0.3 is 15.3 Å². The SMILES string of the molecule is CC[C@@H](C)[C@@H](NC(=O)CO/N=C1/C=C2CC[C@H]3[C@@H]4CC[C@H](C(C)=O)[C@@]4(C)CC[C@@H]3[C@@]2(C)CC1)C(=O)O. The van der Waals surface area contributed by atoms with Crippen LogP contribution in [0.25, 0.3) is 0 Å². The first kappa shape index (κ1) is 26.9. The lowest BCUT2D eigenvalue weighted by atomic mass is 9.46. The maximum atomic E-state index is 12.4. The summed E-state index contributed by atoms with van der Waals surface area (Å²) in [5, 5.41) is 16.2. The van der Waals surface area contributed by atoms with E-state index in [1.165, 1.54) is 24.8 Å². The van der Waals surface area contributed by atoms with Gasteiger partial charge in [0.25, 0.3) is 5.91 Å². The van der Waals surface area contributed by atoms with Gasteiger partial charge in [0.1, 0.15) is 11.8 Å². The molecule has 4 aliphatic rings. The van der Waals surface area contributed by atoms with Crippen molar-refractivity contribution >= 4 is 23.4 Å². The number of ketones is 1. The van der Waals surface area contributed by atoms with Crippen LogP contribution in [0.5, 0.6) is 0 Å². The maximum Gasteiger partial charge on any atom is 0.326 e. The maximum absolute atomic E-state index is 12.4. The highest BCUT2D eigenvalue weighted by Crippen LogP contribution is 2.66. The van der Waals surface area contributed by atoms with E-state index in [0.717, 1.165) is 37.8 Å². The molecular weight excluding hydrogens is 456 g/mol. The summed E-state index contributed by atoms with van der Waals surface area (Å²) in [6.45, 7) is 10.0. The Balaban J connectivity index is 1.39. The summed E-state index contributed by atoms with van der Waals surface area (Å²) in [5.74, 6) is 0.967. The molecule has 200 valence electrons. The second kappa shape index (κ2) is 10.3. The highest BCUT2D eigenvalue weighted by Gasteiger charge is 2.59. The lowest BCUT2D eigenvalue weighted by Crippen LogP contribution is -2.51. The van der Waals surface area contributed by atoms with Crippen molar-refractivity contribution in [3.63, 3.8) is 0 Å². The molecule has 0 aromatic rings. The predicted octanol–water partition coefficient (Wildman–Crippen LogP) is 5.14. The largest absolute Gasteiger partial charge is 0.480 e. The van der Waals surface area contributed by atoms with Gasteiger partial charge in [0.2, 0.25) is 0 Å². The molecule has 4 rings (SSSR count). The molecule has 3 fully saturated rings. The molecule has 0 unspecified atom stereocenters. The molecule has 7 heteroatoms. The Labute approximate surface area is 215 Å². The monoisotopic (exact) mass is 500 g/mol. The summed E-state index contributed by atoms with van der Waals surface area (Å²) < 4.78 is 0. The van der Waals surface area contributed by atoms with Gasteiger partial charge in [-0.2, -0.15) is 0 Å². The minimum absolute atomic E-state index is 0.163. The molecule has 2 N–H and O–H groups in total. The number of rotatable bonds is 8. The summed E-state index contributed by atoms with van der Waals surface area (Å²) >= 11 is 0. The second-order valence-electron chi connectivity index (χ2n) is 12.4. The lowest BCUT2D eigenvalue weighted by molar-refractivity contribution is -0.144. The van der Waals surface area contributed by atoms with E-state index in [-0.39, 0.29) is 29.3 Å². The summed E-state index contributed by atoms with van der Waals surface area (Å²) in [6, 6.07) is -0.922. The number of nitrogens with one attached hydrogen (secondary N) is 1. The quantitative estimate of drug-likeness (QED) is 0.449. The number of carboxylic acids is 1. The fourth-order valence-corrected chi connectivity index (χ4v) is 8.38. The normalized spacial score (nSPS) is 38.1. The summed E-state index contributed by atoms with van der Waals surface area (Å²) in [6.07, 6.45) is 11.5. The molecule has 36 heavy (non-hydrogen) atoms. The summed E-state index contributed by atoms with van der Waals surface area (Å²) in [4.78, 5) is 41.4. The molecule has 0 aliphatic heterocycles. The number of hydrogen-bond acceptors (Lipinski definition) is 5. The Hall–Kier alpha value is -2.18. The van der Waals surface area contributed by atoms with Gasteiger partial charge in [-0.3, -0.25) is 9.59 Å². The van der Waals surface area contributed by atoms with Crippen molar-refractivity contribution in [3.05, 3.63) is 11.6 Å². The van der Waals surface area contributed by atoms with Crippen LogP contribution in [0.1, 0.15) is 92.4 Å². The summed E-state index contributed by atoms with van der Waals surface area (Å²) in [5.41, 5.74) is 2.66. The van der Waals surface area contributed by atoms with E-state index >= 15 is 0 Å². The van der Waals surface area contributed by atoms with Crippen LogP contribution in [-0.2, 0) is 19.2 Å². The van der Waals surface area contributed by atoms with Crippen molar-refractivity contribution in [1.29, 1.82) is 0 Å². The number of hydrogen-bond donors (Lipinski definition) is 2. The number of carboxylic acid groups (broad SMARTS) is 1. The first-order valence-corrected chi connectivity index (χ1v) is 13.9. The van der Waals surface area contributed by atoms with Crippen LogP contribution in [0.15, 0.2) is 16.8 Å². The van der Waals surface area contributed by atoms with E-state index < -0.39 is 17.9 Å². The number of oxime groups is 1. The molecule has 0 spiro atoms. The molecule has 0 saturated heterocycles. The van der Waals surface area contributed by atoms with Gasteiger partial charge >= 0.3 is 5.97 Å². The minimum Gasteiger partial charge on any atom is -0.480 e. The number of fused-ring (bicyclic) bond motifs is 5. The van der Waals surface area contributed by atoms with Crippen molar-refractivity contribution in [2.75, 3.05) is 6.61 Å². The number of carbonyl (C=O) groups excluding carboxylic acids is 2. The average molecular weight is 501 g/mol. The van der Waals surface area contributed by atoms with Gasteiger partial charge in [-0.05, 0) is 98.9 Å². The van der Waals surface area contributed by atoms with E-state index in [9.17, 15) is 19.5 Å². The molecule has 0 aromatic carbocycles. The second-order valence-corrected chi connectivity index (χ2v) is 12.4. The van der Waals surface area contributed by atoms with E-state index in [1.54, 1.807) is 13.8 Å². The molecule has 3 saturated carbocycles. The molecule has 1 amide bonds. The van der Waals surface area contributed by atoms with E-state index in [2.05, 4.69) is 30.4 Å². The Kier molecular flexibility index (Phi) is 7.68. The molecule has 8 atom stereocenters. The Morgan fingerprint density at radius 3 is 2.56 bits per heavy atom. The van der Waals surface area contributed by atoms with Crippen LogP contribution in [0.2, 0.25) is 0 Å². The predicted molar refractivity (Wildman–Crippen MR) is 138 cm³/mol. The number of Topliss-reactive ketones (excluding diaryl/α,β-unsaturated/α-hetero) is 1. The molecule has 4 aliphatic carbocycles. The Morgan fingerprint density at radius 2 is 1.89 bits per heavy atom. The number of amides is 1. The third-order valence-electron chi connectivity index (χ3n) is 10.6. The number of allylic oxidation sites excluding steroid dienone is 2. The van der Waals surface area contributed by atoms with Crippen LogP contribution in [0, 0.1) is 40.4 Å². The third kappa shape index (κ3) is 4.74. The lowest BCUT2D eigenvalue weighted by Gasteiger charge is -2.58. The minimum atomic E-state index is -1.03. The fourth-order valence-electron chi connectivity index (χ4n) is 8.38. The molecule has 0 bridgehead atoms. The van der Waals surface area contributed by atoms with Gasteiger partial charge in [-0.15, -0.1) is 0 Å². The zero-order chi connectivity index (χ0) is 26.3. The van der Waals surface area contributed by atoms with Gasteiger partial charge in [0, 0.05) is 5.92 Å². The van der Waals surface area contributed by atoms with Crippen molar-refractivity contribution in [3.8, 4) is 0 Å². The Bertz CT molecular complexity index is 957. The van der Waals surface area contributed by atoms with Crippen molar-refractivity contribution in [2.24, 2.45) is 45.6 Å². The van der Waals surface area contributed by atoms with Crippen LogP contribution in [0.4, 0.5) is 0 Å². The molecule has 0 aromatic heterocycles. The zero-order valence-corrected chi connectivity index (χ0v) is 22.6. The van der Waals surface area contributed by atoms with Crippen LogP contribution < -0.4 is 5.32 Å². The van der Waals surface area contributed by atoms with E-state index in [0.29, 0.717) is 30.0 Å². The van der Waals surface area contributed by atoms with Crippen molar-refractivity contribution < 1.29 is 24.3 Å². The van der Waals surface area contributed by atoms with Gasteiger partial charge in [-0.25, -0.2) is 4.79 Å². The van der Waals surface area contributed by atoms with Crippen molar-refractivity contribution in [2.45, 2.75) is 98.4 Å². The average Bonchev–Trinajstić information content (AvgIpc) is 3.19. The first-order chi connectivity index (χ1) is 17.0. The Morgan fingerprint density at radius 1 is 1.14 bits per heavy atom. The standard InChI is InChI=1S/C29H44N2O5/c1-6-17(2)26(27(34)35)30-25(33)16-36-31-20-11-13-28(4)19(15-20)7-8-21-23-10-9-22(18(3)32)29(23,5)14-12-24(21)28/h15,17,21-24,26H,6-14,16H2,1-5H3,(H,30,33)(H,34,35)/b31-20+/t17-,21+,22-,23+,24+,26-,28+,29-/m1/s1. The number of nitrogens with zero attached hydrogens (tertiary/aromatic N) is 1. The number of carbonyl (C=O) groups is 3. The van der Waals surface area contributed by atoms with Gasteiger partial charge in [0.15, 0.2) is 6.61 Å². The fraction of sp³-hybridized carbons (Fsp3) is 0.793. The van der Waals surface area contributed by atoms with Crippen LogP contribution >= 0.6 is 0 Å². The third-order valence-corrected chi connectivity index (χ3v) is 10.6. The van der Waals surface area contributed by atoms with Crippen molar-refractivity contribution in [1.82, 2.24) is 5.32 Å². The molecule has 7 nitrogen and oxygen atoms in total. The highest BCUT2D eigenvalue weighted by atomic mass is 16.6. The van der Waals surface area contributed by atoms with Gasteiger partial charge in [0.05, 0.1) is 5.71 Å². The topological polar surface area (TPSA) is 105 Å². The highest BCUT2D eigenvalue weighted by molar-refractivity contribution is 5.96. The zero-order valence-electron chi connectivity index (χ0n) is 22.6. The molecular formula is C29H44N2O5. The molecule has 0 heterocycles. The van der Waals surface area contributed by atoms with E-state index in [1.807, 2.05) is 6.92 Å². The van der Waals surface area contributed by atoms with Crippen LogP contribution in [0.3, 0.4) is 0 Å². The number of aliphatic carboxylic acids is 1. The summed E-state index contributed by atoms with van der Waals surface area (Å²) in [7, 11) is 0. The smallest absolute Gasteiger partial charge is 0.326 e. The van der Waals surface area contributed by atoms with Crippen LogP contribution in [-0.4, -0.2) is 41.1 Å². The molecule has 0 radical (unpaired) electrons. The van der Waals surface area contributed by atoms with Gasteiger partial charge in [-0.1, -0.05) is 44.8 Å². The van der Waals surface area contributed by atoms with E-state index in [4.69, 9.17) is 4.84 Å².